The van der Waals surface area contributed by atoms with Gasteiger partial charge in [0.15, 0.2) is 5.82 Å². The Balaban J connectivity index is 1.33. The Morgan fingerprint density at radius 3 is 2.71 bits per heavy atom. The van der Waals surface area contributed by atoms with Crippen LogP contribution in [0.3, 0.4) is 0 Å². The van der Waals surface area contributed by atoms with Crippen molar-refractivity contribution in [2.45, 2.75) is 37.9 Å². The summed E-state index contributed by atoms with van der Waals surface area (Å²) in [5, 5.41) is 7.68. The first kappa shape index (κ1) is 19.6. The average molecular weight is 422 g/mol. The number of rotatable bonds is 3. The summed E-state index contributed by atoms with van der Waals surface area (Å²) in [4.78, 5) is 33.5. The maximum Gasteiger partial charge on any atom is 0.247 e. The van der Waals surface area contributed by atoms with Gasteiger partial charge in [-0.05, 0) is 30.5 Å². The predicted octanol–water partition coefficient (Wildman–Crippen LogP) is 1.48. The van der Waals surface area contributed by atoms with Crippen molar-refractivity contribution in [2.24, 2.45) is 0 Å². The molecule has 0 atom stereocenters. The number of amides is 1. The van der Waals surface area contributed by atoms with Gasteiger partial charge in [0, 0.05) is 49.4 Å². The molecule has 1 fully saturated rings. The van der Waals surface area contributed by atoms with Crippen molar-refractivity contribution in [3.63, 3.8) is 0 Å². The van der Waals surface area contributed by atoms with Crippen molar-refractivity contribution in [1.82, 2.24) is 30.0 Å². The minimum Gasteiger partial charge on any atom is -0.349 e. The molecule has 2 aliphatic heterocycles. The second-order valence-electron chi connectivity index (χ2n) is 8.36. The first-order valence-corrected chi connectivity index (χ1v) is 10.4. The van der Waals surface area contributed by atoms with E-state index in [2.05, 4.69) is 25.3 Å². The van der Waals surface area contributed by atoms with Gasteiger partial charge < -0.3 is 10.3 Å². The molecule has 1 spiro atoms. The first-order valence-electron chi connectivity index (χ1n) is 10.4. The molecule has 0 saturated carbocycles. The maximum absolute atomic E-state index is 13.6. The zero-order valence-electron chi connectivity index (χ0n) is 17.0. The number of pyridine rings is 1. The van der Waals surface area contributed by atoms with Crippen LogP contribution in [0, 0.1) is 5.82 Å². The largest absolute Gasteiger partial charge is 0.349 e. The van der Waals surface area contributed by atoms with Crippen molar-refractivity contribution < 1.29 is 9.18 Å². The van der Waals surface area contributed by atoms with E-state index in [0.717, 1.165) is 43.9 Å². The van der Waals surface area contributed by atoms with Gasteiger partial charge in [0.2, 0.25) is 11.5 Å². The molecule has 9 heteroatoms. The lowest BCUT2D eigenvalue weighted by Gasteiger charge is -2.41. The lowest BCUT2D eigenvalue weighted by atomic mass is 9.84. The highest BCUT2D eigenvalue weighted by molar-refractivity contribution is 5.77. The molecule has 0 bridgehead atoms. The van der Waals surface area contributed by atoms with Crippen molar-refractivity contribution in [2.75, 3.05) is 13.1 Å². The zero-order valence-corrected chi connectivity index (χ0v) is 17.0. The molecule has 2 aromatic heterocycles. The summed E-state index contributed by atoms with van der Waals surface area (Å²) >= 11 is 0. The van der Waals surface area contributed by atoms with E-state index < -0.39 is 0 Å². The van der Waals surface area contributed by atoms with Crippen LogP contribution in [0.15, 0.2) is 47.4 Å². The Kier molecular flexibility index (Phi) is 4.90. The van der Waals surface area contributed by atoms with Crippen LogP contribution in [0.4, 0.5) is 4.39 Å². The molecule has 1 saturated heterocycles. The van der Waals surface area contributed by atoms with Gasteiger partial charge >= 0.3 is 0 Å². The second-order valence-corrected chi connectivity index (χ2v) is 8.36. The molecule has 0 radical (unpaired) electrons. The van der Waals surface area contributed by atoms with Crippen LogP contribution in [-0.4, -0.2) is 49.2 Å². The van der Waals surface area contributed by atoms with Gasteiger partial charge in [-0.25, -0.2) is 14.1 Å². The van der Waals surface area contributed by atoms with E-state index in [9.17, 15) is 14.0 Å². The number of nitrogens with one attached hydrogen (secondary N) is 2. The minimum absolute atomic E-state index is 0.0801. The Morgan fingerprint density at radius 2 is 1.97 bits per heavy atom. The quantitative estimate of drug-likeness (QED) is 0.667. The summed E-state index contributed by atoms with van der Waals surface area (Å²) in [6.45, 7) is 2.51. The molecule has 1 aromatic carbocycles. The molecule has 160 valence electrons. The van der Waals surface area contributed by atoms with Gasteiger partial charge in [0.25, 0.3) is 0 Å². The molecule has 0 aliphatic carbocycles. The standard InChI is InChI=1S/C22H23FN6O2/c23-17-3-1-2-16(10-17)21-25-18-11-22(26-20(31)14-29(18)27-21)6-8-28(9-7-22)13-15-4-5-19(30)24-12-15/h1-5,10,12H,6-9,11,13-14H2,(H,24,30)(H,26,31). The van der Waals surface area contributed by atoms with Crippen LogP contribution in [0.5, 0.6) is 0 Å². The van der Waals surface area contributed by atoms with Crippen molar-refractivity contribution >= 4 is 5.91 Å². The highest BCUT2D eigenvalue weighted by Crippen LogP contribution is 2.29. The van der Waals surface area contributed by atoms with Crippen LogP contribution >= 0.6 is 0 Å². The summed E-state index contributed by atoms with van der Waals surface area (Å²) in [6, 6.07) is 9.56. The zero-order chi connectivity index (χ0) is 21.4. The van der Waals surface area contributed by atoms with Gasteiger partial charge in [0.05, 0.1) is 0 Å². The maximum atomic E-state index is 13.6. The lowest BCUT2D eigenvalue weighted by molar-refractivity contribution is -0.123. The van der Waals surface area contributed by atoms with Crippen LogP contribution in [0.25, 0.3) is 11.4 Å². The molecule has 1 amide bonds. The van der Waals surface area contributed by atoms with E-state index in [1.807, 2.05) is 6.07 Å². The molecule has 0 unspecified atom stereocenters. The number of aromatic amines is 1. The Morgan fingerprint density at radius 1 is 1.13 bits per heavy atom. The first-order chi connectivity index (χ1) is 15.0. The lowest BCUT2D eigenvalue weighted by Crippen LogP contribution is -2.56. The van der Waals surface area contributed by atoms with Gasteiger partial charge in [-0.2, -0.15) is 5.10 Å². The molecule has 3 aromatic rings. The number of piperidine rings is 1. The predicted molar refractivity (Wildman–Crippen MR) is 112 cm³/mol. The molecular formula is C22H23FN6O2. The fourth-order valence-corrected chi connectivity index (χ4v) is 4.44. The number of hydrogen-bond donors (Lipinski definition) is 2. The van der Waals surface area contributed by atoms with Gasteiger partial charge in [-0.1, -0.05) is 18.2 Å². The monoisotopic (exact) mass is 422 g/mol. The molecule has 5 rings (SSSR count). The van der Waals surface area contributed by atoms with Crippen molar-refractivity contribution in [1.29, 1.82) is 0 Å². The number of nitrogens with zero attached hydrogens (tertiary/aromatic N) is 4. The van der Waals surface area contributed by atoms with Crippen molar-refractivity contribution in [3.05, 3.63) is 70.2 Å². The molecule has 8 nitrogen and oxygen atoms in total. The Bertz CT molecular complexity index is 1160. The van der Waals surface area contributed by atoms with E-state index in [1.165, 1.54) is 18.2 Å². The fraction of sp³-hybridized carbons (Fsp3) is 0.364. The van der Waals surface area contributed by atoms with E-state index in [4.69, 9.17) is 0 Å². The number of benzene rings is 1. The second kappa shape index (κ2) is 7.73. The highest BCUT2D eigenvalue weighted by Gasteiger charge is 2.39. The Labute approximate surface area is 178 Å². The highest BCUT2D eigenvalue weighted by atomic mass is 19.1. The Hall–Kier alpha value is -3.33. The molecular weight excluding hydrogens is 399 g/mol. The number of carbonyl (C=O) groups excluding carboxylic acids is 1. The van der Waals surface area contributed by atoms with Crippen LogP contribution in [-0.2, 0) is 24.3 Å². The molecule has 2 aliphatic rings. The summed E-state index contributed by atoms with van der Waals surface area (Å²) in [7, 11) is 0. The summed E-state index contributed by atoms with van der Waals surface area (Å²) in [6.07, 6.45) is 3.93. The van der Waals surface area contributed by atoms with E-state index >= 15 is 0 Å². The number of hydrogen-bond acceptors (Lipinski definition) is 5. The third-order valence-corrected chi connectivity index (χ3v) is 6.09. The van der Waals surface area contributed by atoms with Crippen LogP contribution in [0.1, 0.15) is 24.2 Å². The summed E-state index contributed by atoms with van der Waals surface area (Å²) in [5.74, 6) is 0.761. The molecule has 2 N–H and O–H groups in total. The number of H-pyrrole nitrogens is 1. The van der Waals surface area contributed by atoms with Gasteiger partial charge in [0.1, 0.15) is 18.2 Å². The third kappa shape index (κ3) is 4.13. The number of likely N-dealkylation sites (tertiary alicyclic amines) is 1. The number of aromatic nitrogens is 4. The van der Waals surface area contributed by atoms with E-state index in [-0.39, 0.29) is 29.4 Å². The minimum atomic E-state index is -0.362. The fourth-order valence-electron chi connectivity index (χ4n) is 4.44. The van der Waals surface area contributed by atoms with E-state index in [0.29, 0.717) is 17.8 Å². The van der Waals surface area contributed by atoms with Gasteiger partial charge in [-0.3, -0.25) is 14.5 Å². The average Bonchev–Trinajstić information content (AvgIpc) is 3.07. The normalized spacial score (nSPS) is 18.4. The smallest absolute Gasteiger partial charge is 0.247 e. The number of carbonyl (C=O) groups is 1. The van der Waals surface area contributed by atoms with Gasteiger partial charge in [-0.15, -0.1) is 0 Å². The summed E-state index contributed by atoms with van der Waals surface area (Å²) in [5.41, 5.74) is 1.19. The number of fused-ring (bicyclic) bond motifs is 1. The summed E-state index contributed by atoms with van der Waals surface area (Å²) < 4.78 is 15.2. The molecule has 31 heavy (non-hydrogen) atoms. The SMILES string of the molecule is O=C1Cn2nc(-c3cccc(F)c3)nc2CC2(CCN(Cc3ccc(=O)[nH]c3)CC2)N1. The topological polar surface area (TPSA) is 95.9 Å². The van der Waals surface area contributed by atoms with Crippen LogP contribution < -0.4 is 10.9 Å². The van der Waals surface area contributed by atoms with E-state index in [1.54, 1.807) is 23.0 Å². The van der Waals surface area contributed by atoms with Crippen molar-refractivity contribution in [3.8, 4) is 11.4 Å². The number of halogens is 1. The molecule has 4 heterocycles. The van der Waals surface area contributed by atoms with Crippen LogP contribution in [0.2, 0.25) is 0 Å². The third-order valence-electron chi connectivity index (χ3n) is 6.09.